The number of furan rings is 1. The topological polar surface area (TPSA) is 42.2 Å². The summed E-state index contributed by atoms with van der Waals surface area (Å²) in [7, 11) is 0. The Balaban J connectivity index is 1.94. The maximum Gasteiger partial charge on any atom is 0.220 e. The van der Waals surface area contributed by atoms with Crippen LogP contribution in [0, 0.1) is 0 Å². The van der Waals surface area contributed by atoms with E-state index in [9.17, 15) is 4.79 Å². The van der Waals surface area contributed by atoms with Crippen molar-refractivity contribution in [3.8, 4) is 0 Å². The maximum atomic E-state index is 11.6. The van der Waals surface area contributed by atoms with Crippen LogP contribution in [0.25, 0.3) is 0 Å². The highest BCUT2D eigenvalue weighted by molar-refractivity contribution is 6.17. The number of fused-ring (bicyclic) bond motifs is 1. The normalized spacial score (nSPS) is 19.2. The SMILES string of the molecule is O=C(CCCCl)NC1CCCc2occc21. The summed E-state index contributed by atoms with van der Waals surface area (Å²) in [5, 5.41) is 3.04. The molecule has 1 aliphatic rings. The number of alkyl halides is 1. The van der Waals surface area contributed by atoms with Crippen molar-refractivity contribution in [1.29, 1.82) is 0 Å². The van der Waals surface area contributed by atoms with Crippen LogP contribution in [0.5, 0.6) is 0 Å². The highest BCUT2D eigenvalue weighted by atomic mass is 35.5. The van der Waals surface area contributed by atoms with E-state index in [-0.39, 0.29) is 11.9 Å². The number of halogens is 1. The standard InChI is InChI=1S/C12H16ClNO2/c13-7-2-5-12(15)14-10-3-1-4-11-9(10)6-8-16-11/h6,8,10H,1-5,7H2,(H,14,15). The zero-order valence-corrected chi connectivity index (χ0v) is 9.93. The van der Waals surface area contributed by atoms with Crippen molar-refractivity contribution in [3.05, 3.63) is 23.7 Å². The van der Waals surface area contributed by atoms with E-state index in [2.05, 4.69) is 5.32 Å². The summed E-state index contributed by atoms with van der Waals surface area (Å²) in [6.07, 6.45) is 6.00. The van der Waals surface area contributed by atoms with Gasteiger partial charge in [-0.25, -0.2) is 0 Å². The highest BCUT2D eigenvalue weighted by Crippen LogP contribution is 2.30. The lowest BCUT2D eigenvalue weighted by atomic mass is 9.93. The fraction of sp³-hybridized carbons (Fsp3) is 0.583. The minimum absolute atomic E-state index is 0.0831. The second-order valence-corrected chi connectivity index (χ2v) is 4.48. The van der Waals surface area contributed by atoms with Crippen molar-refractivity contribution >= 4 is 17.5 Å². The Morgan fingerprint density at radius 1 is 1.62 bits per heavy atom. The Morgan fingerprint density at radius 2 is 2.50 bits per heavy atom. The van der Waals surface area contributed by atoms with Crippen molar-refractivity contribution in [2.45, 2.75) is 38.1 Å². The molecule has 1 aromatic heterocycles. The molecule has 1 N–H and O–H groups in total. The lowest BCUT2D eigenvalue weighted by Gasteiger charge is -2.22. The fourth-order valence-electron chi connectivity index (χ4n) is 2.13. The van der Waals surface area contributed by atoms with Crippen LogP contribution in [-0.2, 0) is 11.2 Å². The third-order valence-electron chi connectivity index (χ3n) is 2.92. The Kier molecular flexibility index (Phi) is 3.88. The third kappa shape index (κ3) is 2.59. The smallest absolute Gasteiger partial charge is 0.220 e. The van der Waals surface area contributed by atoms with Crippen molar-refractivity contribution in [3.63, 3.8) is 0 Å². The second-order valence-electron chi connectivity index (χ2n) is 4.10. The molecule has 0 bridgehead atoms. The second kappa shape index (κ2) is 5.39. The molecule has 1 amide bonds. The van der Waals surface area contributed by atoms with E-state index in [4.69, 9.17) is 16.0 Å². The van der Waals surface area contributed by atoms with E-state index >= 15 is 0 Å². The molecule has 1 aliphatic carbocycles. The molecule has 1 atom stereocenters. The minimum atomic E-state index is 0.0831. The maximum absolute atomic E-state index is 11.6. The van der Waals surface area contributed by atoms with Crippen LogP contribution in [-0.4, -0.2) is 11.8 Å². The number of hydrogen-bond donors (Lipinski definition) is 1. The van der Waals surface area contributed by atoms with Crippen LogP contribution in [0.15, 0.2) is 16.7 Å². The van der Waals surface area contributed by atoms with Gasteiger partial charge in [-0.2, -0.15) is 0 Å². The first-order valence-electron chi connectivity index (χ1n) is 5.73. The van der Waals surface area contributed by atoms with E-state index in [1.54, 1.807) is 6.26 Å². The number of carbonyl (C=O) groups excluding carboxylic acids is 1. The monoisotopic (exact) mass is 241 g/mol. The molecule has 0 aliphatic heterocycles. The van der Waals surface area contributed by atoms with Gasteiger partial charge >= 0.3 is 0 Å². The fourth-order valence-corrected chi connectivity index (χ4v) is 2.26. The van der Waals surface area contributed by atoms with Gasteiger partial charge in [0.2, 0.25) is 5.91 Å². The molecule has 0 spiro atoms. The molecule has 1 unspecified atom stereocenters. The molecule has 88 valence electrons. The van der Waals surface area contributed by atoms with Gasteiger partial charge in [-0.05, 0) is 25.3 Å². The minimum Gasteiger partial charge on any atom is -0.469 e. The summed E-state index contributed by atoms with van der Waals surface area (Å²) < 4.78 is 5.38. The van der Waals surface area contributed by atoms with Crippen LogP contribution in [0.1, 0.15) is 43.0 Å². The summed E-state index contributed by atoms with van der Waals surface area (Å²) in [4.78, 5) is 11.6. The van der Waals surface area contributed by atoms with Gasteiger partial charge in [0.05, 0.1) is 12.3 Å². The Morgan fingerprint density at radius 3 is 3.31 bits per heavy atom. The van der Waals surface area contributed by atoms with Crippen molar-refractivity contribution in [1.82, 2.24) is 5.32 Å². The summed E-state index contributed by atoms with van der Waals surface area (Å²) in [5.74, 6) is 1.64. The molecule has 0 aromatic carbocycles. The van der Waals surface area contributed by atoms with Gasteiger partial charge in [-0.15, -0.1) is 11.6 Å². The Labute approximate surface area is 100 Å². The quantitative estimate of drug-likeness (QED) is 0.824. The highest BCUT2D eigenvalue weighted by Gasteiger charge is 2.23. The average Bonchev–Trinajstić information content (AvgIpc) is 2.75. The van der Waals surface area contributed by atoms with E-state index in [0.717, 1.165) is 37.0 Å². The van der Waals surface area contributed by atoms with Crippen LogP contribution >= 0.6 is 11.6 Å². The van der Waals surface area contributed by atoms with Crippen LogP contribution in [0.3, 0.4) is 0 Å². The van der Waals surface area contributed by atoms with Gasteiger partial charge in [0.15, 0.2) is 0 Å². The predicted octanol–water partition coefficient (Wildman–Crippen LogP) is 2.79. The van der Waals surface area contributed by atoms with Crippen molar-refractivity contribution in [2.24, 2.45) is 0 Å². The number of aryl methyl sites for hydroxylation is 1. The van der Waals surface area contributed by atoms with Gasteiger partial charge in [0.25, 0.3) is 0 Å². The lowest BCUT2D eigenvalue weighted by Crippen LogP contribution is -2.30. The van der Waals surface area contributed by atoms with Gasteiger partial charge in [0.1, 0.15) is 5.76 Å². The van der Waals surface area contributed by atoms with Gasteiger partial charge in [-0.3, -0.25) is 4.79 Å². The first-order chi connectivity index (χ1) is 7.81. The molecule has 4 heteroatoms. The van der Waals surface area contributed by atoms with E-state index in [1.165, 1.54) is 0 Å². The van der Waals surface area contributed by atoms with Crippen LogP contribution < -0.4 is 5.32 Å². The zero-order valence-electron chi connectivity index (χ0n) is 9.17. The molecular weight excluding hydrogens is 226 g/mol. The molecule has 0 saturated heterocycles. The molecule has 0 saturated carbocycles. The molecule has 0 fully saturated rings. The summed E-state index contributed by atoms with van der Waals surface area (Å²) in [6, 6.07) is 2.09. The molecule has 2 rings (SSSR count). The van der Waals surface area contributed by atoms with E-state index in [0.29, 0.717) is 12.3 Å². The number of amides is 1. The largest absolute Gasteiger partial charge is 0.469 e. The summed E-state index contributed by atoms with van der Waals surface area (Å²) >= 11 is 5.56. The molecule has 1 heterocycles. The summed E-state index contributed by atoms with van der Waals surface area (Å²) in [5.41, 5.74) is 1.14. The molecule has 1 aromatic rings. The summed E-state index contributed by atoms with van der Waals surface area (Å²) in [6.45, 7) is 0. The van der Waals surface area contributed by atoms with Crippen molar-refractivity contribution < 1.29 is 9.21 Å². The molecular formula is C12H16ClNO2. The van der Waals surface area contributed by atoms with E-state index in [1.807, 2.05) is 6.07 Å². The third-order valence-corrected chi connectivity index (χ3v) is 3.19. The number of nitrogens with one attached hydrogen (secondary N) is 1. The molecule has 0 radical (unpaired) electrons. The van der Waals surface area contributed by atoms with Crippen LogP contribution in [0.2, 0.25) is 0 Å². The van der Waals surface area contributed by atoms with Crippen molar-refractivity contribution in [2.75, 3.05) is 5.88 Å². The lowest BCUT2D eigenvalue weighted by molar-refractivity contribution is -0.121. The number of hydrogen-bond acceptors (Lipinski definition) is 2. The number of carbonyl (C=O) groups is 1. The number of rotatable bonds is 4. The van der Waals surface area contributed by atoms with E-state index < -0.39 is 0 Å². The first-order valence-corrected chi connectivity index (χ1v) is 6.26. The van der Waals surface area contributed by atoms with Gasteiger partial charge < -0.3 is 9.73 Å². The Bertz CT molecular complexity index is 362. The zero-order chi connectivity index (χ0) is 11.4. The van der Waals surface area contributed by atoms with Gasteiger partial charge in [0, 0.05) is 24.3 Å². The predicted molar refractivity (Wildman–Crippen MR) is 62.5 cm³/mol. The average molecular weight is 242 g/mol. The molecule has 3 nitrogen and oxygen atoms in total. The van der Waals surface area contributed by atoms with Gasteiger partial charge in [-0.1, -0.05) is 0 Å². The van der Waals surface area contributed by atoms with Crippen LogP contribution in [0.4, 0.5) is 0 Å². The molecule has 16 heavy (non-hydrogen) atoms. The first kappa shape index (κ1) is 11.5. The Hall–Kier alpha value is -0.960.